The third-order valence-electron chi connectivity index (χ3n) is 3.07. The van der Waals surface area contributed by atoms with E-state index in [4.69, 9.17) is 0 Å². The Morgan fingerprint density at radius 1 is 1.26 bits per heavy atom. The van der Waals surface area contributed by atoms with Gasteiger partial charge in [-0.15, -0.1) is 0 Å². The van der Waals surface area contributed by atoms with Gasteiger partial charge in [-0.2, -0.15) is 5.10 Å². The van der Waals surface area contributed by atoms with Gasteiger partial charge in [0.15, 0.2) is 0 Å². The largest absolute Gasteiger partial charge is 0.281 e. The number of hydrogen-bond acceptors (Lipinski definition) is 3. The maximum Gasteiger partial charge on any atom is 0.243 e. The minimum absolute atomic E-state index is 0.243. The molecule has 0 unspecified atom stereocenters. The van der Waals surface area contributed by atoms with Gasteiger partial charge in [0.1, 0.15) is 4.90 Å². The second kappa shape index (κ2) is 7.65. The van der Waals surface area contributed by atoms with Crippen LogP contribution in [-0.2, 0) is 10.0 Å². The lowest BCUT2D eigenvalue weighted by Gasteiger charge is -2.06. The van der Waals surface area contributed by atoms with E-state index in [0.29, 0.717) is 12.2 Å². The summed E-state index contributed by atoms with van der Waals surface area (Å²) < 4.78 is 26.5. The van der Waals surface area contributed by atoms with Gasteiger partial charge in [0.2, 0.25) is 10.0 Å². The summed E-state index contributed by atoms with van der Waals surface area (Å²) in [4.78, 5) is 0.243. The third kappa shape index (κ3) is 5.74. The molecule has 0 bridgehead atoms. The van der Waals surface area contributed by atoms with Crippen LogP contribution in [0, 0.1) is 12.8 Å². The first kappa shape index (κ1) is 16.2. The van der Waals surface area contributed by atoms with Gasteiger partial charge in [-0.3, -0.25) is 5.10 Å². The number of nitrogens with one attached hydrogen (secondary N) is 2. The first-order valence-electron chi connectivity index (χ1n) is 6.93. The summed E-state index contributed by atoms with van der Waals surface area (Å²) >= 11 is 0. The fourth-order valence-corrected chi connectivity index (χ4v) is 3.13. The lowest BCUT2D eigenvalue weighted by atomic mass is 10.0. The van der Waals surface area contributed by atoms with Crippen molar-refractivity contribution in [3.63, 3.8) is 0 Å². The predicted octanol–water partition coefficient (Wildman–Crippen LogP) is 2.60. The van der Waals surface area contributed by atoms with Crippen molar-refractivity contribution in [2.45, 2.75) is 57.8 Å². The van der Waals surface area contributed by atoms with Crippen molar-refractivity contribution in [3.8, 4) is 0 Å². The molecule has 0 atom stereocenters. The molecule has 1 aromatic heterocycles. The third-order valence-corrected chi connectivity index (χ3v) is 4.65. The van der Waals surface area contributed by atoms with Crippen LogP contribution in [0.25, 0.3) is 0 Å². The van der Waals surface area contributed by atoms with E-state index < -0.39 is 10.0 Å². The molecule has 1 rings (SSSR count). The zero-order chi connectivity index (χ0) is 14.3. The summed E-state index contributed by atoms with van der Waals surface area (Å²) in [5, 5.41) is 6.36. The molecule has 19 heavy (non-hydrogen) atoms. The fraction of sp³-hybridized carbons (Fsp3) is 0.769. The quantitative estimate of drug-likeness (QED) is 0.686. The van der Waals surface area contributed by atoms with Crippen molar-refractivity contribution in [3.05, 3.63) is 11.9 Å². The Labute approximate surface area is 116 Å². The number of H-pyrrole nitrogens is 1. The standard InChI is InChI=1S/C13H25N3O2S/c1-11(2)8-6-4-5-7-9-15-19(17,18)13-10-14-16-12(13)3/h10-11,15H,4-9H2,1-3H3,(H,14,16). The zero-order valence-corrected chi connectivity index (χ0v) is 12.9. The minimum Gasteiger partial charge on any atom is -0.281 e. The van der Waals surface area contributed by atoms with Crippen molar-refractivity contribution >= 4 is 10.0 Å². The van der Waals surface area contributed by atoms with Gasteiger partial charge in [-0.25, -0.2) is 13.1 Å². The van der Waals surface area contributed by atoms with Gasteiger partial charge in [0.05, 0.1) is 11.9 Å². The van der Waals surface area contributed by atoms with Crippen molar-refractivity contribution in [2.75, 3.05) is 6.54 Å². The SMILES string of the molecule is Cc1[nH]ncc1S(=O)(=O)NCCCCCCC(C)C. The van der Waals surface area contributed by atoms with Crippen LogP contribution in [0.4, 0.5) is 0 Å². The van der Waals surface area contributed by atoms with Crippen LogP contribution in [0.5, 0.6) is 0 Å². The highest BCUT2D eigenvalue weighted by Gasteiger charge is 2.17. The summed E-state index contributed by atoms with van der Waals surface area (Å²) in [5.74, 6) is 0.752. The Hall–Kier alpha value is -0.880. The molecule has 6 heteroatoms. The van der Waals surface area contributed by atoms with Crippen molar-refractivity contribution < 1.29 is 8.42 Å². The molecule has 0 aliphatic rings. The van der Waals surface area contributed by atoms with E-state index in [1.165, 1.54) is 25.5 Å². The molecule has 0 aliphatic carbocycles. The van der Waals surface area contributed by atoms with Crippen molar-refractivity contribution in [2.24, 2.45) is 5.92 Å². The maximum atomic E-state index is 11.9. The molecule has 110 valence electrons. The molecular weight excluding hydrogens is 262 g/mol. The second-order valence-corrected chi connectivity index (χ2v) is 7.09. The van der Waals surface area contributed by atoms with Crippen LogP contribution in [0.2, 0.25) is 0 Å². The fourth-order valence-electron chi connectivity index (χ4n) is 1.93. The number of aryl methyl sites for hydroxylation is 1. The molecule has 1 heterocycles. The molecule has 1 aromatic rings. The van der Waals surface area contributed by atoms with E-state index in [9.17, 15) is 8.42 Å². The van der Waals surface area contributed by atoms with Gasteiger partial charge in [0.25, 0.3) is 0 Å². The summed E-state index contributed by atoms with van der Waals surface area (Å²) in [7, 11) is -3.40. The molecule has 0 saturated carbocycles. The van der Waals surface area contributed by atoms with Gasteiger partial charge >= 0.3 is 0 Å². The molecule has 0 amide bonds. The number of aromatic nitrogens is 2. The maximum absolute atomic E-state index is 11.9. The van der Waals surface area contributed by atoms with E-state index in [1.54, 1.807) is 6.92 Å². The van der Waals surface area contributed by atoms with E-state index in [0.717, 1.165) is 18.8 Å². The van der Waals surface area contributed by atoms with E-state index in [-0.39, 0.29) is 4.90 Å². The normalized spacial score (nSPS) is 12.2. The second-order valence-electron chi connectivity index (χ2n) is 5.35. The molecule has 0 fully saturated rings. The monoisotopic (exact) mass is 287 g/mol. The highest BCUT2D eigenvalue weighted by molar-refractivity contribution is 7.89. The van der Waals surface area contributed by atoms with E-state index in [2.05, 4.69) is 28.8 Å². The zero-order valence-electron chi connectivity index (χ0n) is 12.1. The van der Waals surface area contributed by atoms with Crippen molar-refractivity contribution in [1.82, 2.24) is 14.9 Å². The number of unbranched alkanes of at least 4 members (excludes halogenated alkanes) is 3. The van der Waals surface area contributed by atoms with E-state index >= 15 is 0 Å². The molecular formula is C13H25N3O2S. The van der Waals surface area contributed by atoms with Gasteiger partial charge < -0.3 is 0 Å². The highest BCUT2D eigenvalue weighted by Crippen LogP contribution is 2.12. The predicted molar refractivity (Wildman–Crippen MR) is 76.4 cm³/mol. The highest BCUT2D eigenvalue weighted by atomic mass is 32.2. The first-order chi connectivity index (χ1) is 8.93. The Morgan fingerprint density at radius 3 is 2.53 bits per heavy atom. The van der Waals surface area contributed by atoms with Gasteiger partial charge in [-0.1, -0.05) is 39.5 Å². The van der Waals surface area contributed by atoms with Crippen LogP contribution in [-0.4, -0.2) is 25.2 Å². The Morgan fingerprint density at radius 2 is 1.95 bits per heavy atom. The lowest BCUT2D eigenvalue weighted by Crippen LogP contribution is -2.25. The lowest BCUT2D eigenvalue weighted by molar-refractivity contribution is 0.517. The molecule has 0 saturated heterocycles. The number of nitrogens with zero attached hydrogens (tertiary/aromatic N) is 1. The van der Waals surface area contributed by atoms with Crippen LogP contribution < -0.4 is 4.72 Å². The molecule has 5 nitrogen and oxygen atoms in total. The van der Waals surface area contributed by atoms with Crippen LogP contribution in [0.3, 0.4) is 0 Å². The molecule has 0 aromatic carbocycles. The summed E-state index contributed by atoms with van der Waals surface area (Å²) in [6.45, 7) is 6.64. The van der Waals surface area contributed by atoms with Crippen molar-refractivity contribution in [1.29, 1.82) is 0 Å². The van der Waals surface area contributed by atoms with Crippen LogP contribution >= 0.6 is 0 Å². The number of rotatable bonds is 9. The molecule has 0 radical (unpaired) electrons. The van der Waals surface area contributed by atoms with Crippen LogP contribution in [0.15, 0.2) is 11.1 Å². The first-order valence-corrected chi connectivity index (χ1v) is 8.41. The molecule has 0 aliphatic heterocycles. The summed E-state index contributed by atoms with van der Waals surface area (Å²) in [6.07, 6.45) is 6.95. The average molecular weight is 287 g/mol. The number of sulfonamides is 1. The number of hydrogen-bond donors (Lipinski definition) is 2. The van der Waals surface area contributed by atoms with E-state index in [1.807, 2.05) is 0 Å². The topological polar surface area (TPSA) is 74.8 Å². The van der Waals surface area contributed by atoms with Crippen LogP contribution in [0.1, 0.15) is 51.6 Å². The Kier molecular flexibility index (Phi) is 6.51. The van der Waals surface area contributed by atoms with Gasteiger partial charge in [0, 0.05) is 6.54 Å². The average Bonchev–Trinajstić information content (AvgIpc) is 2.74. The smallest absolute Gasteiger partial charge is 0.243 e. The summed E-state index contributed by atoms with van der Waals surface area (Å²) in [5.41, 5.74) is 0.574. The molecule has 0 spiro atoms. The summed E-state index contributed by atoms with van der Waals surface area (Å²) in [6, 6.07) is 0. The minimum atomic E-state index is -3.40. The van der Waals surface area contributed by atoms with Gasteiger partial charge in [-0.05, 0) is 19.3 Å². The Balaban J connectivity index is 2.21. The molecule has 2 N–H and O–H groups in total. The number of aromatic amines is 1. The Bertz CT molecular complexity index is 466.